The van der Waals surface area contributed by atoms with E-state index in [1.165, 1.54) is 55.8 Å². The number of fused-ring (bicyclic) bond motifs is 6. The molecule has 378 valence electrons. The van der Waals surface area contributed by atoms with Gasteiger partial charge in [-0.25, -0.2) is 10.1 Å². The summed E-state index contributed by atoms with van der Waals surface area (Å²) in [6.07, 6.45) is 15.3. The number of carbonyl (C=O) groups excluding carboxylic acids is 1. The highest BCUT2D eigenvalue weighted by Crippen LogP contribution is 2.58. The average molecular weight is 1020 g/mol. The summed E-state index contributed by atoms with van der Waals surface area (Å²) in [6.45, 7) is 9.24. The van der Waals surface area contributed by atoms with Crippen LogP contribution in [-0.2, 0) is 29.8 Å². The third-order valence-corrected chi connectivity index (χ3v) is 17.2. The van der Waals surface area contributed by atoms with Gasteiger partial charge >= 0.3 is 5.97 Å². The molecule has 0 atom stereocenters. The van der Waals surface area contributed by atoms with Crippen molar-refractivity contribution in [3.05, 3.63) is 178 Å². The highest BCUT2D eigenvalue weighted by molar-refractivity contribution is 7.94. The SMILES string of the molecule is CCCCC1(CCCC)c2ccccc2-c2ccc(N(c3ccc(-c4ccc(/C=C5\C(=O)N(c6ccc(SOOO)cc6)N=C5C(=O)O)s4)cc3)c3ccc4c(c3)C(CCCC)(CCCC)c3ccccc3-4)cc21. The van der Waals surface area contributed by atoms with Crippen LogP contribution in [0.15, 0.2) is 161 Å². The summed E-state index contributed by atoms with van der Waals surface area (Å²) in [5.41, 5.74) is 15.5. The van der Waals surface area contributed by atoms with Gasteiger partial charge in [0.15, 0.2) is 5.71 Å². The van der Waals surface area contributed by atoms with Crippen molar-refractivity contribution < 1.29 is 29.3 Å². The van der Waals surface area contributed by atoms with E-state index in [-0.39, 0.29) is 22.1 Å². The van der Waals surface area contributed by atoms with Crippen LogP contribution in [-0.4, -0.2) is 28.0 Å². The van der Waals surface area contributed by atoms with Crippen molar-refractivity contribution in [1.82, 2.24) is 0 Å². The van der Waals surface area contributed by atoms with Crippen LogP contribution in [0, 0.1) is 0 Å². The predicted molar refractivity (Wildman–Crippen MR) is 303 cm³/mol. The van der Waals surface area contributed by atoms with E-state index in [0.717, 1.165) is 126 Å². The average Bonchev–Trinajstić information content (AvgIpc) is 4.18. The number of benzene rings is 6. The van der Waals surface area contributed by atoms with Crippen molar-refractivity contribution in [2.75, 3.05) is 9.91 Å². The fraction of sp³-hybridized carbons (Fsp3) is 0.286. The number of aliphatic carboxylic acids is 1. The van der Waals surface area contributed by atoms with Crippen molar-refractivity contribution in [1.29, 1.82) is 0 Å². The van der Waals surface area contributed by atoms with E-state index in [2.05, 4.69) is 156 Å². The van der Waals surface area contributed by atoms with Crippen molar-refractivity contribution in [3.8, 4) is 32.7 Å². The van der Waals surface area contributed by atoms with Crippen LogP contribution in [0.1, 0.15) is 132 Å². The molecule has 2 N–H and O–H groups in total. The summed E-state index contributed by atoms with van der Waals surface area (Å²) in [4.78, 5) is 31.0. The highest BCUT2D eigenvalue weighted by atomic mass is 32.2. The Bertz CT molecular complexity index is 3110. The fourth-order valence-electron chi connectivity index (χ4n) is 11.9. The molecular weight excluding hydrogens is 959 g/mol. The molecule has 0 unspecified atom stereocenters. The Morgan fingerprint density at radius 2 is 1.14 bits per heavy atom. The van der Waals surface area contributed by atoms with Gasteiger partial charge in [0, 0.05) is 42.5 Å². The molecule has 0 saturated heterocycles. The van der Waals surface area contributed by atoms with Gasteiger partial charge in [-0.2, -0.15) is 10.1 Å². The number of hydrogen-bond donors (Lipinski definition) is 2. The number of hydrogen-bond acceptors (Lipinski definition) is 9. The molecule has 2 heterocycles. The molecule has 1 aliphatic heterocycles. The Labute approximate surface area is 443 Å². The predicted octanol–water partition coefficient (Wildman–Crippen LogP) is 17.5. The number of hydrazone groups is 1. The molecule has 0 radical (unpaired) electrons. The summed E-state index contributed by atoms with van der Waals surface area (Å²) in [5, 5.41) is 27.6. The number of carboxylic acid groups (broad SMARTS) is 1. The van der Waals surface area contributed by atoms with Gasteiger partial charge in [-0.3, -0.25) is 4.79 Å². The minimum Gasteiger partial charge on any atom is -0.476 e. The van der Waals surface area contributed by atoms with Crippen LogP contribution in [0.2, 0.25) is 0 Å². The van der Waals surface area contributed by atoms with E-state index in [0.29, 0.717) is 10.6 Å². The lowest BCUT2D eigenvalue weighted by atomic mass is 9.70. The largest absolute Gasteiger partial charge is 0.476 e. The van der Waals surface area contributed by atoms with Crippen LogP contribution in [0.3, 0.4) is 0 Å². The molecule has 10 rings (SSSR count). The third kappa shape index (κ3) is 9.34. The number of carbonyl (C=O) groups is 2. The molecule has 3 aliphatic rings. The second-order valence-corrected chi connectivity index (χ2v) is 21.8. The molecule has 0 spiro atoms. The van der Waals surface area contributed by atoms with Crippen LogP contribution in [0.25, 0.3) is 38.8 Å². The van der Waals surface area contributed by atoms with E-state index < -0.39 is 11.9 Å². The molecule has 9 nitrogen and oxygen atoms in total. The second-order valence-electron chi connectivity index (χ2n) is 19.9. The summed E-state index contributed by atoms with van der Waals surface area (Å²) in [7, 11) is 0. The number of rotatable bonds is 22. The third-order valence-electron chi connectivity index (χ3n) is 15.5. The zero-order chi connectivity index (χ0) is 51.4. The monoisotopic (exact) mass is 1020 g/mol. The number of unbranched alkanes of at least 4 members (excludes halogenated alkanes) is 4. The molecule has 0 fully saturated rings. The van der Waals surface area contributed by atoms with Gasteiger partial charge < -0.3 is 10.0 Å². The van der Waals surface area contributed by atoms with E-state index in [1.807, 2.05) is 12.1 Å². The first-order valence-corrected chi connectivity index (χ1v) is 27.9. The molecule has 0 saturated carbocycles. The van der Waals surface area contributed by atoms with E-state index in [9.17, 15) is 14.7 Å². The van der Waals surface area contributed by atoms with Crippen molar-refractivity contribution >= 4 is 69.8 Å². The lowest BCUT2D eigenvalue weighted by Crippen LogP contribution is -2.26. The topological polar surface area (TPSA) is 112 Å². The summed E-state index contributed by atoms with van der Waals surface area (Å²) in [5.74, 6) is -1.85. The quantitative estimate of drug-likeness (QED) is 0.0299. The number of nitrogens with zero attached hydrogens (tertiary/aromatic N) is 3. The Morgan fingerprint density at radius 3 is 1.64 bits per heavy atom. The number of amides is 1. The number of carboxylic acids is 1. The lowest BCUT2D eigenvalue weighted by Gasteiger charge is -2.35. The standard InChI is InChI=1S/C63H63N3O6S2/c1-5-9-35-62(36-10-6-2)54-19-15-13-17-49(54)51-32-27-45(39-56(51)62)65(46-28-33-52-50-18-14-16-20-55(50)63(37-11-7-3,38-12-8-4)57(52)40-46)43-23-21-42(22-24-43)58-34-31-48(73-58)41-53-59(61(68)69)64-66(60(53)67)44-25-29-47(30-26-44)74-72-71-70/h13-34,39-41,70H,5-12,35-38H2,1-4H3,(H,68,69)/b53-41-. The number of anilines is 4. The number of thiophene rings is 1. The Balaban J connectivity index is 1.05. The van der Waals surface area contributed by atoms with Crippen LogP contribution < -0.4 is 9.91 Å². The smallest absolute Gasteiger partial charge is 0.357 e. The van der Waals surface area contributed by atoms with Crippen LogP contribution in [0.5, 0.6) is 0 Å². The molecule has 1 aromatic heterocycles. The van der Waals surface area contributed by atoms with Gasteiger partial charge in [-0.1, -0.05) is 157 Å². The molecule has 7 aromatic rings. The van der Waals surface area contributed by atoms with Crippen molar-refractivity contribution in [2.24, 2.45) is 5.10 Å². The first-order chi connectivity index (χ1) is 36.2. The van der Waals surface area contributed by atoms with E-state index in [4.69, 9.17) is 5.26 Å². The summed E-state index contributed by atoms with van der Waals surface area (Å²) < 4.78 is 4.50. The normalized spacial score (nSPS) is 15.3. The molecule has 0 bridgehead atoms. The first-order valence-electron chi connectivity index (χ1n) is 26.3. The van der Waals surface area contributed by atoms with Gasteiger partial charge in [0.25, 0.3) is 5.91 Å². The van der Waals surface area contributed by atoms with Gasteiger partial charge in [-0.15, -0.1) is 15.7 Å². The Hall–Kier alpha value is -6.60. The van der Waals surface area contributed by atoms with Gasteiger partial charge in [0.1, 0.15) is 0 Å². The van der Waals surface area contributed by atoms with Gasteiger partial charge in [-0.05, 0) is 155 Å². The maximum Gasteiger partial charge on any atom is 0.357 e. The Morgan fingerprint density at radius 1 is 0.635 bits per heavy atom. The van der Waals surface area contributed by atoms with Crippen LogP contribution in [0.4, 0.5) is 22.7 Å². The molecule has 6 aromatic carbocycles. The van der Waals surface area contributed by atoms with Gasteiger partial charge in [0.05, 0.1) is 23.3 Å². The van der Waals surface area contributed by atoms with Gasteiger partial charge in [0.2, 0.25) is 0 Å². The maximum absolute atomic E-state index is 13.8. The van der Waals surface area contributed by atoms with E-state index >= 15 is 0 Å². The van der Waals surface area contributed by atoms with Crippen LogP contribution >= 0.6 is 23.4 Å². The second kappa shape index (κ2) is 22.1. The highest BCUT2D eigenvalue weighted by Gasteiger charge is 2.44. The van der Waals surface area contributed by atoms with E-state index in [1.54, 1.807) is 30.3 Å². The fourth-order valence-corrected chi connectivity index (χ4v) is 13.2. The molecular formula is C63H63N3O6S2. The maximum atomic E-state index is 13.8. The minimum atomic E-state index is -1.30. The molecule has 11 heteroatoms. The van der Waals surface area contributed by atoms with Crippen molar-refractivity contribution in [3.63, 3.8) is 0 Å². The first kappa shape index (κ1) is 50.9. The molecule has 74 heavy (non-hydrogen) atoms. The Kier molecular flexibility index (Phi) is 15.2. The van der Waals surface area contributed by atoms with Crippen molar-refractivity contribution in [2.45, 2.75) is 120 Å². The lowest BCUT2D eigenvalue weighted by molar-refractivity contribution is -0.432. The summed E-state index contributed by atoms with van der Waals surface area (Å²) in [6, 6.07) is 52.0. The summed E-state index contributed by atoms with van der Waals surface area (Å²) >= 11 is 2.26. The minimum absolute atomic E-state index is 0.0101. The molecule has 2 aliphatic carbocycles. The zero-order valence-electron chi connectivity index (χ0n) is 42.6. The molecule has 1 amide bonds. The zero-order valence-corrected chi connectivity index (χ0v) is 44.2.